The van der Waals surface area contributed by atoms with Crippen LogP contribution in [0.5, 0.6) is 0 Å². The van der Waals surface area contributed by atoms with E-state index in [0.717, 1.165) is 11.3 Å². The molecule has 1 aromatic heterocycles. The minimum absolute atomic E-state index is 0.0824. The molecule has 0 saturated carbocycles. The molecule has 5 N–H and O–H groups in total. The van der Waals surface area contributed by atoms with Crippen LogP contribution in [-0.2, 0) is 29.1 Å². The highest BCUT2D eigenvalue weighted by atomic mass is 16.4. The molecule has 2 heterocycles. The molecule has 3 rings (SSSR count). The molecule has 10 nitrogen and oxygen atoms in total. The molecule has 1 aliphatic rings. The van der Waals surface area contributed by atoms with Crippen molar-refractivity contribution in [3.63, 3.8) is 0 Å². The smallest absolute Gasteiger partial charge is 0.325 e. The molecule has 2 amide bonds. The third kappa shape index (κ3) is 5.51. The van der Waals surface area contributed by atoms with Crippen molar-refractivity contribution in [2.24, 2.45) is 11.7 Å². The molecule has 0 fully saturated rings. The monoisotopic (exact) mass is 440 g/mol. The maximum Gasteiger partial charge on any atom is 0.325 e. The Morgan fingerprint density at radius 1 is 1.22 bits per heavy atom. The first kappa shape index (κ1) is 23.0. The molecule has 2 aromatic rings. The molecule has 1 aliphatic heterocycles. The number of nitrogens with zero attached hydrogens (tertiary/aromatic N) is 3. The van der Waals surface area contributed by atoms with Crippen molar-refractivity contribution in [2.75, 3.05) is 6.54 Å². The third-order valence-corrected chi connectivity index (χ3v) is 5.28. The minimum atomic E-state index is -0.978. The summed E-state index contributed by atoms with van der Waals surface area (Å²) < 4.78 is 1.37. The molecule has 1 atom stereocenters. The summed E-state index contributed by atoms with van der Waals surface area (Å²) in [5.74, 6) is -1.42. The van der Waals surface area contributed by atoms with Crippen LogP contribution in [0.15, 0.2) is 30.5 Å². The number of nitrogens with one attached hydrogen (secondary N) is 2. The molecule has 0 radical (unpaired) electrons. The van der Waals surface area contributed by atoms with E-state index in [2.05, 4.69) is 10.4 Å². The number of hydrogen-bond acceptors (Lipinski definition) is 5. The second-order valence-electron chi connectivity index (χ2n) is 8.35. The zero-order chi connectivity index (χ0) is 23.4. The highest BCUT2D eigenvalue weighted by Crippen LogP contribution is 2.20. The van der Waals surface area contributed by atoms with Crippen LogP contribution in [-0.4, -0.2) is 56.0 Å². The summed E-state index contributed by atoms with van der Waals surface area (Å²) in [6.07, 6.45) is 2.68. The third-order valence-electron chi connectivity index (χ3n) is 5.28. The van der Waals surface area contributed by atoms with Gasteiger partial charge >= 0.3 is 5.97 Å². The van der Waals surface area contributed by atoms with E-state index in [4.69, 9.17) is 16.2 Å². The first-order valence-electron chi connectivity index (χ1n) is 10.4. The number of carboxylic acid groups (broad SMARTS) is 1. The molecule has 0 aliphatic carbocycles. The number of fused-ring (bicyclic) bond motifs is 1. The quantitative estimate of drug-likeness (QED) is 0.354. The number of aliphatic carboxylic acids is 1. The van der Waals surface area contributed by atoms with Gasteiger partial charge in [-0.15, -0.1) is 0 Å². The molecular weight excluding hydrogens is 412 g/mol. The molecule has 0 spiro atoms. The highest BCUT2D eigenvalue weighted by Gasteiger charge is 2.30. The molecule has 170 valence electrons. The number of hydrogen-bond donors (Lipinski definition) is 4. The Labute approximate surface area is 185 Å². The topological polar surface area (TPSA) is 154 Å². The van der Waals surface area contributed by atoms with Gasteiger partial charge in [-0.1, -0.05) is 26.0 Å². The Hall–Kier alpha value is -3.69. The average Bonchev–Trinajstić information content (AvgIpc) is 3.13. The van der Waals surface area contributed by atoms with Crippen molar-refractivity contribution in [1.29, 1.82) is 5.41 Å². The summed E-state index contributed by atoms with van der Waals surface area (Å²) in [5.41, 5.74) is 7.97. The second kappa shape index (κ2) is 9.63. The number of benzene rings is 1. The van der Waals surface area contributed by atoms with Crippen LogP contribution in [0, 0.1) is 11.3 Å². The number of aromatic nitrogens is 2. The maximum absolute atomic E-state index is 13.3. The van der Waals surface area contributed by atoms with E-state index in [9.17, 15) is 14.4 Å². The molecule has 0 bridgehead atoms. The van der Waals surface area contributed by atoms with Crippen LogP contribution in [0.2, 0.25) is 0 Å². The Kier molecular flexibility index (Phi) is 6.92. The van der Waals surface area contributed by atoms with E-state index in [0.29, 0.717) is 37.1 Å². The standard InChI is InChI=1S/C22H28N6O4/c1-13(2)9-18(25-21(31)15-5-3-14(4-6-15)20(23)24)22(32)27-8-7-17-16(10-27)11-28(26-17)12-19(29)30/h3-6,11,13,18H,7-10,12H2,1-2H3,(H3,23,24)(H,25,31)(H,29,30)/t18-/m0/s1. The van der Waals surface area contributed by atoms with Gasteiger partial charge in [0.2, 0.25) is 5.91 Å². The van der Waals surface area contributed by atoms with Crippen LogP contribution in [0.25, 0.3) is 0 Å². The fourth-order valence-corrected chi connectivity index (χ4v) is 3.73. The van der Waals surface area contributed by atoms with Crippen LogP contribution in [0.3, 0.4) is 0 Å². The van der Waals surface area contributed by atoms with Gasteiger partial charge in [-0.25, -0.2) is 0 Å². The van der Waals surface area contributed by atoms with E-state index >= 15 is 0 Å². The van der Waals surface area contributed by atoms with E-state index in [1.807, 2.05) is 13.8 Å². The highest BCUT2D eigenvalue weighted by molar-refractivity contribution is 5.99. The molecule has 32 heavy (non-hydrogen) atoms. The van der Waals surface area contributed by atoms with Crippen molar-refractivity contribution in [2.45, 2.75) is 45.8 Å². The lowest BCUT2D eigenvalue weighted by Gasteiger charge is -2.31. The van der Waals surface area contributed by atoms with E-state index < -0.39 is 12.0 Å². The maximum atomic E-state index is 13.3. The average molecular weight is 441 g/mol. The summed E-state index contributed by atoms with van der Waals surface area (Å²) in [6.45, 7) is 4.52. The lowest BCUT2D eigenvalue weighted by atomic mass is 10.00. The van der Waals surface area contributed by atoms with E-state index in [-0.39, 0.29) is 30.1 Å². The number of carbonyl (C=O) groups is 3. The molecular formula is C22H28N6O4. The summed E-state index contributed by atoms with van der Waals surface area (Å²) >= 11 is 0. The van der Waals surface area contributed by atoms with Gasteiger partial charge in [0.25, 0.3) is 5.91 Å². The van der Waals surface area contributed by atoms with E-state index in [1.165, 1.54) is 4.68 Å². The van der Waals surface area contributed by atoms with Gasteiger partial charge in [0, 0.05) is 42.4 Å². The number of nitrogen functional groups attached to an aromatic ring is 1. The van der Waals surface area contributed by atoms with Crippen LogP contribution in [0.4, 0.5) is 0 Å². The lowest BCUT2D eigenvalue weighted by molar-refractivity contribution is -0.138. The number of rotatable bonds is 8. The molecule has 0 saturated heterocycles. The molecule has 0 unspecified atom stereocenters. The first-order chi connectivity index (χ1) is 15.1. The Bertz CT molecular complexity index is 1030. The van der Waals surface area contributed by atoms with Gasteiger partial charge in [0.05, 0.1) is 5.69 Å². The lowest BCUT2D eigenvalue weighted by Crippen LogP contribution is -2.50. The van der Waals surface area contributed by atoms with Gasteiger partial charge in [-0.05, 0) is 24.5 Å². The number of nitrogens with two attached hydrogens (primary N) is 1. The Balaban J connectivity index is 1.72. The summed E-state index contributed by atoms with van der Waals surface area (Å²) in [7, 11) is 0. The first-order valence-corrected chi connectivity index (χ1v) is 10.4. The van der Waals surface area contributed by atoms with Gasteiger partial charge < -0.3 is 21.1 Å². The van der Waals surface area contributed by atoms with Crippen LogP contribution >= 0.6 is 0 Å². The Morgan fingerprint density at radius 2 is 1.88 bits per heavy atom. The fourth-order valence-electron chi connectivity index (χ4n) is 3.73. The summed E-state index contributed by atoms with van der Waals surface area (Å²) in [5, 5.41) is 23.6. The summed E-state index contributed by atoms with van der Waals surface area (Å²) in [4.78, 5) is 38.7. The van der Waals surface area contributed by atoms with Gasteiger partial charge in [0.1, 0.15) is 18.4 Å². The van der Waals surface area contributed by atoms with Crippen molar-refractivity contribution in [3.05, 3.63) is 52.8 Å². The van der Waals surface area contributed by atoms with Crippen LogP contribution < -0.4 is 11.1 Å². The van der Waals surface area contributed by atoms with Crippen molar-refractivity contribution < 1.29 is 19.5 Å². The van der Waals surface area contributed by atoms with Gasteiger partial charge in [-0.3, -0.25) is 24.5 Å². The zero-order valence-corrected chi connectivity index (χ0v) is 18.2. The largest absolute Gasteiger partial charge is 0.480 e. The zero-order valence-electron chi connectivity index (χ0n) is 18.2. The Morgan fingerprint density at radius 3 is 2.47 bits per heavy atom. The predicted octanol–water partition coefficient (Wildman–Crippen LogP) is 0.981. The summed E-state index contributed by atoms with van der Waals surface area (Å²) in [6, 6.07) is 5.65. The van der Waals surface area contributed by atoms with Crippen molar-refractivity contribution >= 4 is 23.6 Å². The number of carbonyl (C=O) groups excluding carboxylic acids is 2. The number of carboxylic acids is 1. The molecule has 10 heteroatoms. The SMILES string of the molecule is CC(C)C[C@H](NC(=O)c1ccc(C(=N)N)cc1)C(=O)N1CCc2nn(CC(=O)O)cc2C1. The number of amidine groups is 1. The van der Waals surface area contributed by atoms with E-state index in [1.54, 1.807) is 35.4 Å². The number of amides is 2. The molecule has 1 aromatic carbocycles. The van der Waals surface area contributed by atoms with Gasteiger partial charge in [0.15, 0.2) is 0 Å². The van der Waals surface area contributed by atoms with Gasteiger partial charge in [-0.2, -0.15) is 5.10 Å². The predicted molar refractivity (Wildman–Crippen MR) is 117 cm³/mol. The normalized spacial score (nSPS) is 14.0. The van der Waals surface area contributed by atoms with Crippen molar-refractivity contribution in [3.8, 4) is 0 Å². The second-order valence-corrected chi connectivity index (χ2v) is 8.35. The van der Waals surface area contributed by atoms with Crippen molar-refractivity contribution in [1.82, 2.24) is 20.0 Å². The van der Waals surface area contributed by atoms with Crippen LogP contribution in [0.1, 0.15) is 47.4 Å². The fraction of sp³-hybridized carbons (Fsp3) is 0.409. The minimum Gasteiger partial charge on any atom is -0.480 e.